The number of nitrogens with one attached hydrogen (secondary N) is 3. The Labute approximate surface area is 130 Å². The second kappa shape index (κ2) is 6.79. The Balaban J connectivity index is 1.61. The maximum atomic E-state index is 11.8. The molecule has 1 aromatic rings. The van der Waals surface area contributed by atoms with Crippen molar-refractivity contribution < 1.29 is 9.59 Å². The van der Waals surface area contributed by atoms with Crippen LogP contribution < -0.4 is 20.9 Å². The predicted molar refractivity (Wildman–Crippen MR) is 85.9 cm³/mol. The molecule has 1 atom stereocenters. The smallest absolute Gasteiger partial charge is 0.249 e. The van der Waals surface area contributed by atoms with E-state index < -0.39 is 0 Å². The third kappa shape index (κ3) is 3.57. The number of carbonyl (C=O) groups excluding carboxylic acids is 2. The van der Waals surface area contributed by atoms with E-state index in [4.69, 9.17) is 0 Å². The van der Waals surface area contributed by atoms with Crippen LogP contribution in [0.4, 0.5) is 11.4 Å². The molecule has 1 aromatic carbocycles. The van der Waals surface area contributed by atoms with Crippen LogP contribution in [0.1, 0.15) is 19.3 Å². The van der Waals surface area contributed by atoms with Crippen LogP contribution in [-0.2, 0) is 9.59 Å². The highest BCUT2D eigenvalue weighted by atomic mass is 16.2. The lowest BCUT2D eigenvalue weighted by molar-refractivity contribution is -0.133. The molecule has 2 aliphatic rings. The van der Waals surface area contributed by atoms with E-state index in [9.17, 15) is 9.59 Å². The maximum Gasteiger partial charge on any atom is 0.249 e. The van der Waals surface area contributed by atoms with Crippen LogP contribution in [-0.4, -0.2) is 44.0 Å². The van der Waals surface area contributed by atoms with E-state index in [1.807, 2.05) is 12.1 Å². The zero-order chi connectivity index (χ0) is 15.4. The highest BCUT2D eigenvalue weighted by Crippen LogP contribution is 2.20. The van der Waals surface area contributed by atoms with E-state index in [0.29, 0.717) is 12.8 Å². The first-order valence-electron chi connectivity index (χ1n) is 7.88. The van der Waals surface area contributed by atoms with E-state index in [1.165, 1.54) is 5.69 Å². The van der Waals surface area contributed by atoms with Crippen LogP contribution in [0.3, 0.4) is 0 Å². The largest absolute Gasteiger partial charge is 0.374 e. The van der Waals surface area contributed by atoms with Gasteiger partial charge < -0.3 is 15.5 Å². The number of benzene rings is 1. The summed E-state index contributed by atoms with van der Waals surface area (Å²) in [7, 11) is 0. The van der Waals surface area contributed by atoms with Gasteiger partial charge in [-0.05, 0) is 43.7 Å². The van der Waals surface area contributed by atoms with Gasteiger partial charge in [0.25, 0.3) is 0 Å². The molecular formula is C16H22N4O2. The van der Waals surface area contributed by atoms with Crippen molar-refractivity contribution in [3.8, 4) is 0 Å². The van der Waals surface area contributed by atoms with Gasteiger partial charge in [0.05, 0.1) is 0 Å². The number of imide groups is 1. The van der Waals surface area contributed by atoms with Gasteiger partial charge >= 0.3 is 0 Å². The third-order valence-electron chi connectivity index (χ3n) is 4.15. The number of rotatable bonds is 3. The van der Waals surface area contributed by atoms with Crippen LogP contribution in [0.25, 0.3) is 0 Å². The molecule has 118 valence electrons. The minimum atomic E-state index is -0.328. The first kappa shape index (κ1) is 14.8. The third-order valence-corrected chi connectivity index (χ3v) is 4.15. The zero-order valence-electron chi connectivity index (χ0n) is 12.6. The summed E-state index contributed by atoms with van der Waals surface area (Å²) in [5.74, 6) is -0.424. The Bertz CT molecular complexity index is 536. The van der Waals surface area contributed by atoms with Gasteiger partial charge in [-0.15, -0.1) is 0 Å². The highest BCUT2D eigenvalue weighted by Gasteiger charge is 2.26. The van der Waals surface area contributed by atoms with Crippen molar-refractivity contribution in [1.82, 2.24) is 10.6 Å². The molecule has 0 saturated carbocycles. The van der Waals surface area contributed by atoms with Gasteiger partial charge in [0, 0.05) is 37.4 Å². The molecular weight excluding hydrogens is 280 g/mol. The first-order chi connectivity index (χ1) is 10.7. The van der Waals surface area contributed by atoms with Gasteiger partial charge in [0.15, 0.2) is 0 Å². The van der Waals surface area contributed by atoms with E-state index in [0.717, 1.165) is 38.3 Å². The molecule has 6 heteroatoms. The molecule has 0 bridgehead atoms. The maximum absolute atomic E-state index is 11.8. The van der Waals surface area contributed by atoms with E-state index >= 15 is 0 Å². The predicted octanol–water partition coefficient (Wildman–Crippen LogP) is 0.703. The number of hydrogen-bond donors (Lipinski definition) is 3. The van der Waals surface area contributed by atoms with Crippen LogP contribution in [0, 0.1) is 0 Å². The Hall–Kier alpha value is -2.08. The van der Waals surface area contributed by atoms with Crippen molar-refractivity contribution in [2.75, 3.05) is 36.4 Å². The van der Waals surface area contributed by atoms with Crippen molar-refractivity contribution >= 4 is 23.2 Å². The quantitative estimate of drug-likeness (QED) is 0.717. The Morgan fingerprint density at radius 3 is 2.68 bits per heavy atom. The summed E-state index contributed by atoms with van der Waals surface area (Å²) >= 11 is 0. The number of anilines is 2. The van der Waals surface area contributed by atoms with Gasteiger partial charge in [-0.25, -0.2) is 0 Å². The molecule has 0 aliphatic carbocycles. The normalized spacial score (nSPS) is 22.9. The van der Waals surface area contributed by atoms with Crippen molar-refractivity contribution in [2.45, 2.75) is 25.3 Å². The lowest BCUT2D eigenvalue weighted by atomic mass is 10.1. The standard InChI is InChI=1S/C16H22N4O2/c21-15-7-6-14(16(22)19-15)18-12-2-4-13(5-3-12)20-10-1-8-17-9-11-20/h2-5,14,17-18H,1,6-11H2,(H,19,21,22). The number of nitrogens with zero attached hydrogens (tertiary/aromatic N) is 1. The molecule has 2 aliphatic heterocycles. The molecule has 3 rings (SSSR count). The number of hydrogen-bond acceptors (Lipinski definition) is 5. The Morgan fingerprint density at radius 1 is 1.09 bits per heavy atom. The molecule has 2 fully saturated rings. The second-order valence-corrected chi connectivity index (χ2v) is 5.79. The molecule has 0 radical (unpaired) electrons. The van der Waals surface area contributed by atoms with Crippen molar-refractivity contribution in [2.24, 2.45) is 0 Å². The Kier molecular flexibility index (Phi) is 4.58. The highest BCUT2D eigenvalue weighted by molar-refractivity contribution is 6.01. The van der Waals surface area contributed by atoms with Gasteiger partial charge in [0.1, 0.15) is 6.04 Å². The fraction of sp³-hybridized carbons (Fsp3) is 0.500. The lowest BCUT2D eigenvalue weighted by Gasteiger charge is -2.24. The minimum absolute atomic E-state index is 0.187. The number of carbonyl (C=O) groups is 2. The summed E-state index contributed by atoms with van der Waals surface area (Å²) in [5.41, 5.74) is 2.11. The van der Waals surface area contributed by atoms with Crippen LogP contribution in [0.5, 0.6) is 0 Å². The van der Waals surface area contributed by atoms with E-state index in [1.54, 1.807) is 0 Å². The second-order valence-electron chi connectivity index (χ2n) is 5.79. The molecule has 2 saturated heterocycles. The summed E-state index contributed by atoms with van der Waals surface area (Å²) in [6.45, 7) is 4.16. The monoisotopic (exact) mass is 302 g/mol. The van der Waals surface area contributed by atoms with Crippen LogP contribution >= 0.6 is 0 Å². The zero-order valence-corrected chi connectivity index (χ0v) is 12.6. The van der Waals surface area contributed by atoms with Crippen LogP contribution in [0.15, 0.2) is 24.3 Å². The summed E-state index contributed by atoms with van der Waals surface area (Å²) in [6, 6.07) is 7.83. The molecule has 22 heavy (non-hydrogen) atoms. The van der Waals surface area contributed by atoms with Crippen LogP contribution in [0.2, 0.25) is 0 Å². The van der Waals surface area contributed by atoms with Crippen molar-refractivity contribution in [3.05, 3.63) is 24.3 Å². The molecule has 0 aromatic heterocycles. The van der Waals surface area contributed by atoms with E-state index in [2.05, 4.69) is 33.0 Å². The average Bonchev–Trinajstić information content (AvgIpc) is 2.80. The number of amides is 2. The molecule has 6 nitrogen and oxygen atoms in total. The first-order valence-corrected chi connectivity index (χ1v) is 7.88. The molecule has 2 heterocycles. The summed E-state index contributed by atoms with van der Waals surface area (Å²) in [5, 5.41) is 8.96. The summed E-state index contributed by atoms with van der Waals surface area (Å²) < 4.78 is 0. The van der Waals surface area contributed by atoms with Gasteiger partial charge in [0.2, 0.25) is 11.8 Å². The molecule has 1 unspecified atom stereocenters. The fourth-order valence-corrected chi connectivity index (χ4v) is 2.90. The van der Waals surface area contributed by atoms with Crippen molar-refractivity contribution in [1.29, 1.82) is 0 Å². The van der Waals surface area contributed by atoms with Gasteiger partial charge in [-0.3, -0.25) is 14.9 Å². The molecule has 2 amide bonds. The minimum Gasteiger partial charge on any atom is -0.374 e. The summed E-state index contributed by atoms with van der Waals surface area (Å²) in [6.07, 6.45) is 2.09. The average molecular weight is 302 g/mol. The molecule has 3 N–H and O–H groups in total. The topological polar surface area (TPSA) is 73.5 Å². The summed E-state index contributed by atoms with van der Waals surface area (Å²) in [4.78, 5) is 25.3. The lowest BCUT2D eigenvalue weighted by Crippen LogP contribution is -2.47. The van der Waals surface area contributed by atoms with Gasteiger partial charge in [-0.1, -0.05) is 0 Å². The number of piperidine rings is 1. The molecule has 0 spiro atoms. The van der Waals surface area contributed by atoms with Crippen molar-refractivity contribution in [3.63, 3.8) is 0 Å². The SMILES string of the molecule is O=C1CCC(Nc2ccc(N3CCCNCC3)cc2)C(=O)N1. The van der Waals surface area contributed by atoms with E-state index in [-0.39, 0.29) is 17.9 Å². The Morgan fingerprint density at radius 2 is 1.91 bits per heavy atom. The van der Waals surface area contributed by atoms with Gasteiger partial charge in [-0.2, -0.15) is 0 Å². The fourth-order valence-electron chi connectivity index (χ4n) is 2.90.